The molecule has 1 amide bonds. The largest absolute Gasteiger partial charge is 0.343 e. The number of likely N-dealkylation sites (tertiary alicyclic amines) is 1. The van der Waals surface area contributed by atoms with Gasteiger partial charge < -0.3 is 4.90 Å². The van der Waals surface area contributed by atoms with Gasteiger partial charge in [0.05, 0.1) is 5.75 Å². The van der Waals surface area contributed by atoms with Gasteiger partial charge in [-0.25, -0.2) is 13.1 Å². The highest BCUT2D eigenvalue weighted by atomic mass is 32.2. The first kappa shape index (κ1) is 16.0. The summed E-state index contributed by atoms with van der Waals surface area (Å²) in [4.78, 5) is 13.0. The molecular formula is C15H22N2O3S. The first-order valence-corrected chi connectivity index (χ1v) is 8.82. The van der Waals surface area contributed by atoms with Crippen LogP contribution in [0.4, 0.5) is 0 Å². The minimum Gasteiger partial charge on any atom is -0.343 e. The zero-order valence-electron chi connectivity index (χ0n) is 12.5. The lowest BCUT2D eigenvalue weighted by atomic mass is 10.1. The van der Waals surface area contributed by atoms with Gasteiger partial charge in [0.15, 0.2) is 0 Å². The molecule has 0 bridgehead atoms. The number of carbonyl (C=O) groups is 1. The molecule has 0 spiro atoms. The molecule has 0 aromatic heterocycles. The van der Waals surface area contributed by atoms with Crippen molar-refractivity contribution in [3.63, 3.8) is 0 Å². The summed E-state index contributed by atoms with van der Waals surface area (Å²) in [6.07, 6.45) is 1.35. The van der Waals surface area contributed by atoms with Gasteiger partial charge in [0.25, 0.3) is 0 Å². The number of hydrogen-bond donors (Lipinski definition) is 1. The number of amides is 1. The normalized spacial score (nSPS) is 17.0. The second kappa shape index (κ2) is 6.58. The molecule has 1 aromatic carbocycles. The van der Waals surface area contributed by atoms with Gasteiger partial charge in [-0.1, -0.05) is 29.8 Å². The third kappa shape index (κ3) is 4.82. The number of hydrogen-bond acceptors (Lipinski definition) is 3. The summed E-state index contributed by atoms with van der Waals surface area (Å²) >= 11 is 0. The van der Waals surface area contributed by atoms with Crippen molar-refractivity contribution in [2.45, 2.75) is 38.5 Å². The Labute approximate surface area is 126 Å². The summed E-state index contributed by atoms with van der Waals surface area (Å²) in [5, 5.41) is 0. The molecule has 5 nitrogen and oxygen atoms in total. The molecule has 1 aliphatic rings. The third-order valence-electron chi connectivity index (χ3n) is 3.76. The van der Waals surface area contributed by atoms with Crippen LogP contribution >= 0.6 is 0 Å². The van der Waals surface area contributed by atoms with Crippen LogP contribution in [0.2, 0.25) is 0 Å². The molecule has 1 heterocycles. The SMILES string of the molecule is CC(=O)N1CCC(NS(=O)(=O)Cc2ccc(C)cc2)CC1. The van der Waals surface area contributed by atoms with E-state index in [9.17, 15) is 13.2 Å². The Bertz CT molecular complexity index is 588. The van der Waals surface area contributed by atoms with Crippen molar-refractivity contribution < 1.29 is 13.2 Å². The van der Waals surface area contributed by atoms with Gasteiger partial charge in [-0.05, 0) is 25.3 Å². The van der Waals surface area contributed by atoms with Gasteiger partial charge >= 0.3 is 0 Å². The minimum absolute atomic E-state index is 0.000201. The monoisotopic (exact) mass is 310 g/mol. The van der Waals surface area contributed by atoms with E-state index in [0.717, 1.165) is 11.1 Å². The van der Waals surface area contributed by atoms with Gasteiger partial charge in [-0.2, -0.15) is 0 Å². The van der Waals surface area contributed by atoms with Crippen molar-refractivity contribution in [2.24, 2.45) is 0 Å². The molecule has 6 heteroatoms. The fraction of sp³-hybridized carbons (Fsp3) is 0.533. The Morgan fingerprint density at radius 1 is 1.24 bits per heavy atom. The van der Waals surface area contributed by atoms with Crippen molar-refractivity contribution in [3.8, 4) is 0 Å². The first-order valence-electron chi connectivity index (χ1n) is 7.17. The number of nitrogens with one attached hydrogen (secondary N) is 1. The van der Waals surface area contributed by atoms with Gasteiger partial charge in [-0.15, -0.1) is 0 Å². The Morgan fingerprint density at radius 2 is 1.81 bits per heavy atom. The topological polar surface area (TPSA) is 66.5 Å². The highest BCUT2D eigenvalue weighted by molar-refractivity contribution is 7.88. The fourth-order valence-electron chi connectivity index (χ4n) is 2.51. The maximum absolute atomic E-state index is 12.2. The summed E-state index contributed by atoms with van der Waals surface area (Å²) in [5.74, 6) is 0.0520. The molecule has 1 saturated heterocycles. The van der Waals surface area contributed by atoms with E-state index in [-0.39, 0.29) is 17.7 Å². The van der Waals surface area contributed by atoms with Crippen LogP contribution in [-0.4, -0.2) is 38.4 Å². The number of nitrogens with zero attached hydrogens (tertiary/aromatic N) is 1. The second-order valence-corrected chi connectivity index (χ2v) is 7.40. The Morgan fingerprint density at radius 3 is 2.33 bits per heavy atom. The maximum atomic E-state index is 12.2. The summed E-state index contributed by atoms with van der Waals surface area (Å²) in [6.45, 7) is 4.75. The van der Waals surface area contributed by atoms with E-state index in [0.29, 0.717) is 25.9 Å². The van der Waals surface area contributed by atoms with Crippen molar-refractivity contribution in [2.75, 3.05) is 13.1 Å². The minimum atomic E-state index is -3.34. The first-order chi connectivity index (χ1) is 9.85. The van der Waals surface area contributed by atoms with Crippen LogP contribution in [0.3, 0.4) is 0 Å². The molecular weight excluding hydrogens is 288 g/mol. The summed E-state index contributed by atoms with van der Waals surface area (Å²) < 4.78 is 27.1. The van der Waals surface area contributed by atoms with E-state index in [4.69, 9.17) is 0 Å². The highest BCUT2D eigenvalue weighted by Gasteiger charge is 2.24. The summed E-state index contributed by atoms with van der Waals surface area (Å²) in [7, 11) is -3.34. The standard InChI is InChI=1S/C15H22N2O3S/c1-12-3-5-14(6-4-12)11-21(19,20)16-15-7-9-17(10-8-15)13(2)18/h3-6,15-16H,7-11H2,1-2H3. The molecule has 21 heavy (non-hydrogen) atoms. The molecule has 1 aromatic rings. The van der Waals surface area contributed by atoms with Crippen LogP contribution in [0.1, 0.15) is 30.9 Å². The predicted molar refractivity (Wildman–Crippen MR) is 82.2 cm³/mol. The zero-order valence-corrected chi connectivity index (χ0v) is 13.3. The van der Waals surface area contributed by atoms with Crippen molar-refractivity contribution >= 4 is 15.9 Å². The maximum Gasteiger partial charge on any atom is 0.219 e. The number of sulfonamides is 1. The Balaban J connectivity index is 1.90. The lowest BCUT2D eigenvalue weighted by molar-refractivity contribution is -0.129. The lowest BCUT2D eigenvalue weighted by Crippen LogP contribution is -2.46. The molecule has 0 unspecified atom stereocenters. The average Bonchev–Trinajstić information content (AvgIpc) is 2.41. The molecule has 2 rings (SSSR count). The summed E-state index contributed by atoms with van der Waals surface area (Å²) in [6, 6.07) is 7.43. The van der Waals surface area contributed by atoms with Crippen LogP contribution in [0.15, 0.2) is 24.3 Å². The molecule has 0 aliphatic carbocycles. The molecule has 1 fully saturated rings. The van der Waals surface area contributed by atoms with Crippen molar-refractivity contribution in [1.82, 2.24) is 9.62 Å². The van der Waals surface area contributed by atoms with Crippen LogP contribution in [0.5, 0.6) is 0 Å². The molecule has 0 atom stereocenters. The quantitative estimate of drug-likeness (QED) is 0.915. The fourth-order valence-corrected chi connectivity index (χ4v) is 3.97. The molecule has 0 saturated carbocycles. The predicted octanol–water partition coefficient (Wildman–Crippen LogP) is 1.43. The van der Waals surface area contributed by atoms with E-state index >= 15 is 0 Å². The number of rotatable bonds is 4. The van der Waals surface area contributed by atoms with Gasteiger partial charge in [0.2, 0.25) is 15.9 Å². The van der Waals surface area contributed by atoms with Crippen molar-refractivity contribution in [3.05, 3.63) is 35.4 Å². The van der Waals surface area contributed by atoms with Crippen LogP contribution in [-0.2, 0) is 20.6 Å². The van der Waals surface area contributed by atoms with Gasteiger partial charge in [0.1, 0.15) is 0 Å². The Kier molecular flexibility index (Phi) is 5.00. The lowest BCUT2D eigenvalue weighted by Gasteiger charge is -2.31. The van der Waals surface area contributed by atoms with Crippen LogP contribution in [0, 0.1) is 6.92 Å². The van der Waals surface area contributed by atoms with E-state index < -0.39 is 10.0 Å². The smallest absolute Gasteiger partial charge is 0.219 e. The molecule has 1 aliphatic heterocycles. The molecule has 0 radical (unpaired) electrons. The third-order valence-corrected chi connectivity index (χ3v) is 5.17. The van der Waals surface area contributed by atoms with Crippen LogP contribution < -0.4 is 4.72 Å². The second-order valence-electron chi connectivity index (χ2n) is 5.64. The van der Waals surface area contributed by atoms with E-state index in [1.165, 1.54) is 0 Å². The van der Waals surface area contributed by atoms with Gasteiger partial charge in [-0.3, -0.25) is 4.79 Å². The molecule has 116 valence electrons. The molecule has 1 N–H and O–H groups in total. The number of carbonyl (C=O) groups excluding carboxylic acids is 1. The van der Waals surface area contributed by atoms with E-state index in [2.05, 4.69) is 4.72 Å². The van der Waals surface area contributed by atoms with Crippen molar-refractivity contribution in [1.29, 1.82) is 0 Å². The number of piperidine rings is 1. The van der Waals surface area contributed by atoms with Crippen LogP contribution in [0.25, 0.3) is 0 Å². The van der Waals surface area contributed by atoms with E-state index in [1.54, 1.807) is 11.8 Å². The highest BCUT2D eigenvalue weighted by Crippen LogP contribution is 2.13. The van der Waals surface area contributed by atoms with E-state index in [1.807, 2.05) is 31.2 Å². The average molecular weight is 310 g/mol. The summed E-state index contributed by atoms with van der Waals surface area (Å²) in [5.41, 5.74) is 1.90. The number of benzene rings is 1. The number of aryl methyl sites for hydroxylation is 1. The van der Waals surface area contributed by atoms with Gasteiger partial charge in [0, 0.05) is 26.1 Å². The Hall–Kier alpha value is -1.40. The zero-order chi connectivity index (χ0) is 15.5.